The Balaban J connectivity index is 3.25. The molecule has 3 nitrogen and oxygen atoms in total. The Morgan fingerprint density at radius 3 is 2.93 bits per heavy atom. The summed E-state index contributed by atoms with van der Waals surface area (Å²) in [6.45, 7) is 1.98. The van der Waals surface area contributed by atoms with E-state index < -0.39 is 5.82 Å². The highest BCUT2D eigenvalue weighted by molar-refractivity contribution is 6.32. The van der Waals surface area contributed by atoms with Gasteiger partial charge in [-0.3, -0.25) is 0 Å². The van der Waals surface area contributed by atoms with Gasteiger partial charge in [0.05, 0.1) is 11.6 Å². The van der Waals surface area contributed by atoms with Crippen molar-refractivity contribution >= 4 is 23.4 Å². The number of hydrogen-bond acceptors (Lipinski definition) is 3. The van der Waals surface area contributed by atoms with Gasteiger partial charge in [0, 0.05) is 0 Å². The molecule has 0 fully saturated rings. The molecule has 0 unspecified atom stereocenters. The minimum Gasteiger partial charge on any atom is -0.489 e. The fourth-order valence-corrected chi connectivity index (χ4v) is 1.13. The lowest BCUT2D eigenvalue weighted by Crippen LogP contribution is -1.95. The highest BCUT2D eigenvalue weighted by atomic mass is 35.5. The molecule has 0 heterocycles. The van der Waals surface area contributed by atoms with E-state index in [0.29, 0.717) is 0 Å². The topological polar surface area (TPSA) is 38.7 Å². The first-order chi connectivity index (χ1) is 6.70. The van der Waals surface area contributed by atoms with Crippen LogP contribution in [0.4, 0.5) is 10.1 Å². The largest absolute Gasteiger partial charge is 0.489 e. The molecule has 0 aliphatic carbocycles. The second kappa shape index (κ2) is 4.74. The number of rotatable bonds is 3. The average molecular weight is 216 g/mol. The third kappa shape index (κ3) is 2.10. The number of hydrogen-bond donors (Lipinski definition) is 0. The average Bonchev–Trinajstić information content (AvgIpc) is 2.17. The van der Waals surface area contributed by atoms with E-state index in [4.69, 9.17) is 16.3 Å². The molecule has 0 saturated heterocycles. The first-order valence-electron chi connectivity index (χ1n) is 3.89. The minimum absolute atomic E-state index is 0.0920. The quantitative estimate of drug-likeness (QED) is 0.575. The van der Waals surface area contributed by atoms with Crippen molar-refractivity contribution < 1.29 is 13.9 Å². The van der Waals surface area contributed by atoms with Crippen molar-refractivity contribution in [1.29, 1.82) is 0 Å². The van der Waals surface area contributed by atoms with Gasteiger partial charge in [0.25, 0.3) is 0 Å². The van der Waals surface area contributed by atoms with Gasteiger partial charge in [-0.1, -0.05) is 11.6 Å². The lowest BCUT2D eigenvalue weighted by atomic mass is 10.3. The third-order valence-electron chi connectivity index (χ3n) is 1.48. The van der Waals surface area contributed by atoms with Crippen molar-refractivity contribution in [3.8, 4) is 5.75 Å². The van der Waals surface area contributed by atoms with Gasteiger partial charge in [0.1, 0.15) is 5.69 Å². The Kier molecular flexibility index (Phi) is 3.63. The summed E-state index contributed by atoms with van der Waals surface area (Å²) < 4.78 is 18.4. The molecule has 0 bridgehead atoms. The summed E-state index contributed by atoms with van der Waals surface area (Å²) in [6.07, 6.45) is 1.25. The molecule has 0 spiro atoms. The molecule has 0 aromatic heterocycles. The fourth-order valence-electron chi connectivity index (χ4n) is 0.934. The second-order valence-corrected chi connectivity index (χ2v) is 2.75. The Bertz CT molecular complexity index is 389. The van der Waals surface area contributed by atoms with Crippen LogP contribution in [-0.2, 0) is 4.79 Å². The standard InChI is InChI=1S/C9H7ClFNO2/c1-2-14-9-6(10)3-4-7(8(9)11)12-5-13/h3-4H,2H2,1H3. The molecule has 0 aliphatic heterocycles. The molecule has 0 N–H and O–H groups in total. The summed E-state index contributed by atoms with van der Waals surface area (Å²) >= 11 is 5.68. The van der Waals surface area contributed by atoms with Crippen LogP contribution in [-0.4, -0.2) is 12.7 Å². The fraction of sp³-hybridized carbons (Fsp3) is 0.222. The lowest BCUT2D eigenvalue weighted by molar-refractivity contribution is 0.322. The molecule has 1 rings (SSSR count). The van der Waals surface area contributed by atoms with Crippen LogP contribution in [0.2, 0.25) is 5.02 Å². The first kappa shape index (κ1) is 10.7. The van der Waals surface area contributed by atoms with Crippen LogP contribution in [0.5, 0.6) is 5.75 Å². The van der Waals surface area contributed by atoms with Crippen molar-refractivity contribution in [2.45, 2.75) is 6.92 Å². The number of benzene rings is 1. The van der Waals surface area contributed by atoms with E-state index >= 15 is 0 Å². The molecule has 1 aromatic rings. The Morgan fingerprint density at radius 1 is 1.64 bits per heavy atom. The molecule has 0 atom stereocenters. The van der Waals surface area contributed by atoms with Gasteiger partial charge in [0.15, 0.2) is 11.6 Å². The van der Waals surface area contributed by atoms with Gasteiger partial charge < -0.3 is 4.74 Å². The van der Waals surface area contributed by atoms with E-state index in [0.717, 1.165) is 0 Å². The van der Waals surface area contributed by atoms with Crippen molar-refractivity contribution in [2.75, 3.05) is 6.61 Å². The molecule has 1 aromatic carbocycles. The number of halogens is 2. The summed E-state index contributed by atoms with van der Waals surface area (Å²) in [6, 6.07) is 2.69. The predicted molar refractivity (Wildman–Crippen MR) is 50.4 cm³/mol. The highest BCUT2D eigenvalue weighted by Crippen LogP contribution is 2.33. The molecule has 0 aliphatic rings. The number of ether oxygens (including phenoxy) is 1. The van der Waals surface area contributed by atoms with Gasteiger partial charge >= 0.3 is 0 Å². The maximum Gasteiger partial charge on any atom is 0.240 e. The molecule has 0 radical (unpaired) electrons. The summed E-state index contributed by atoms with van der Waals surface area (Å²) in [4.78, 5) is 13.1. The monoisotopic (exact) mass is 215 g/mol. The molecular formula is C9H7ClFNO2. The van der Waals surface area contributed by atoms with E-state index in [9.17, 15) is 9.18 Å². The zero-order valence-corrected chi connectivity index (χ0v) is 8.14. The Hall–Kier alpha value is -1.38. The van der Waals surface area contributed by atoms with Gasteiger partial charge in [-0.2, -0.15) is 4.99 Å². The Labute approximate surface area is 85.2 Å². The Morgan fingerprint density at radius 2 is 2.36 bits per heavy atom. The van der Waals surface area contributed by atoms with Gasteiger partial charge in [-0.15, -0.1) is 0 Å². The van der Waals surface area contributed by atoms with Crippen LogP contribution in [0.25, 0.3) is 0 Å². The molecule has 5 heteroatoms. The third-order valence-corrected chi connectivity index (χ3v) is 1.78. The first-order valence-corrected chi connectivity index (χ1v) is 4.27. The predicted octanol–water partition coefficient (Wildman–Crippen LogP) is 2.85. The van der Waals surface area contributed by atoms with E-state index in [1.165, 1.54) is 18.2 Å². The van der Waals surface area contributed by atoms with Crippen LogP contribution >= 0.6 is 11.6 Å². The van der Waals surface area contributed by atoms with Crippen LogP contribution in [0.3, 0.4) is 0 Å². The van der Waals surface area contributed by atoms with Gasteiger partial charge in [0.2, 0.25) is 6.08 Å². The molecule has 0 amide bonds. The number of isocyanates is 1. The maximum absolute atomic E-state index is 13.4. The van der Waals surface area contributed by atoms with Gasteiger partial charge in [-0.05, 0) is 19.1 Å². The second-order valence-electron chi connectivity index (χ2n) is 2.35. The van der Waals surface area contributed by atoms with Crippen molar-refractivity contribution in [2.24, 2.45) is 4.99 Å². The molecule has 0 saturated carbocycles. The summed E-state index contributed by atoms with van der Waals surface area (Å²) in [5, 5.41) is 0.147. The maximum atomic E-state index is 13.4. The highest BCUT2D eigenvalue weighted by Gasteiger charge is 2.12. The van der Waals surface area contributed by atoms with Crippen molar-refractivity contribution in [3.05, 3.63) is 23.0 Å². The minimum atomic E-state index is -0.747. The van der Waals surface area contributed by atoms with E-state index in [1.54, 1.807) is 6.92 Å². The molecule has 14 heavy (non-hydrogen) atoms. The summed E-state index contributed by atoms with van der Waals surface area (Å²) in [5.41, 5.74) is -0.132. The van der Waals surface area contributed by atoms with Gasteiger partial charge in [-0.25, -0.2) is 9.18 Å². The summed E-state index contributed by atoms with van der Waals surface area (Å²) in [5.74, 6) is -0.839. The van der Waals surface area contributed by atoms with E-state index in [2.05, 4.69) is 4.99 Å². The SMILES string of the molecule is CCOc1c(Cl)ccc(N=C=O)c1F. The van der Waals surface area contributed by atoms with Crippen molar-refractivity contribution in [3.63, 3.8) is 0 Å². The smallest absolute Gasteiger partial charge is 0.240 e. The number of nitrogens with zero attached hydrogens (tertiary/aromatic N) is 1. The number of aliphatic imine (C=N–C) groups is 1. The van der Waals surface area contributed by atoms with Crippen molar-refractivity contribution in [1.82, 2.24) is 0 Å². The number of carbonyl (C=O) groups excluding carboxylic acids is 1. The normalized spacial score (nSPS) is 9.36. The lowest BCUT2D eigenvalue weighted by Gasteiger charge is -2.07. The van der Waals surface area contributed by atoms with E-state index in [-0.39, 0.29) is 23.1 Å². The zero-order chi connectivity index (χ0) is 10.6. The van der Waals surface area contributed by atoms with Crippen LogP contribution in [0.1, 0.15) is 6.92 Å². The van der Waals surface area contributed by atoms with Crippen LogP contribution in [0, 0.1) is 5.82 Å². The van der Waals surface area contributed by atoms with E-state index in [1.807, 2.05) is 0 Å². The van der Waals surface area contributed by atoms with Crippen LogP contribution < -0.4 is 4.74 Å². The molecular weight excluding hydrogens is 209 g/mol. The summed E-state index contributed by atoms with van der Waals surface area (Å²) in [7, 11) is 0. The molecule has 74 valence electrons. The van der Waals surface area contributed by atoms with Crippen LogP contribution in [0.15, 0.2) is 17.1 Å². The zero-order valence-electron chi connectivity index (χ0n) is 7.38.